The molecule has 118 valence electrons. The summed E-state index contributed by atoms with van der Waals surface area (Å²) < 4.78 is 28.0. The van der Waals surface area contributed by atoms with E-state index in [1.54, 1.807) is 0 Å². The number of benzene rings is 2. The minimum atomic E-state index is -0.826. The van der Waals surface area contributed by atoms with Gasteiger partial charge in [0.1, 0.15) is 22.7 Å². The molecule has 1 aliphatic rings. The summed E-state index contributed by atoms with van der Waals surface area (Å²) in [6.07, 6.45) is 0. The smallest absolute Gasteiger partial charge is 0.269 e. The van der Waals surface area contributed by atoms with Crippen LogP contribution in [0.5, 0.6) is 0 Å². The van der Waals surface area contributed by atoms with Gasteiger partial charge in [0.25, 0.3) is 5.69 Å². The number of nitro groups is 1. The fourth-order valence-corrected chi connectivity index (χ4v) is 3.55. The average molecular weight is 336 g/mol. The number of thioether (sulfide) groups is 1. The Hall–Kier alpha value is -2.48. The molecule has 23 heavy (non-hydrogen) atoms. The molecule has 1 amide bonds. The zero-order valence-electron chi connectivity index (χ0n) is 11.6. The van der Waals surface area contributed by atoms with Gasteiger partial charge >= 0.3 is 0 Å². The summed E-state index contributed by atoms with van der Waals surface area (Å²) in [5.41, 5.74) is 0.0756. The number of carbonyl (C=O) groups is 1. The van der Waals surface area contributed by atoms with Gasteiger partial charge in [-0.2, -0.15) is 0 Å². The summed E-state index contributed by atoms with van der Waals surface area (Å²) in [5, 5.41) is 10.1. The lowest BCUT2D eigenvalue weighted by atomic mass is 10.1. The quantitative estimate of drug-likeness (QED) is 0.634. The summed E-state index contributed by atoms with van der Waals surface area (Å²) in [6.45, 7) is 0. The van der Waals surface area contributed by atoms with Crippen LogP contribution in [-0.4, -0.2) is 16.6 Å². The van der Waals surface area contributed by atoms with Gasteiger partial charge in [-0.25, -0.2) is 8.78 Å². The van der Waals surface area contributed by atoms with E-state index in [9.17, 15) is 23.7 Å². The highest BCUT2D eigenvalue weighted by Crippen LogP contribution is 2.43. The Kier molecular flexibility index (Phi) is 3.99. The summed E-state index contributed by atoms with van der Waals surface area (Å²) >= 11 is 1.21. The number of anilines is 1. The summed E-state index contributed by atoms with van der Waals surface area (Å²) in [7, 11) is 0. The number of hydrogen-bond acceptors (Lipinski definition) is 4. The highest BCUT2D eigenvalue weighted by Gasteiger charge is 2.37. The van der Waals surface area contributed by atoms with Crippen molar-refractivity contribution in [1.29, 1.82) is 0 Å². The lowest BCUT2D eigenvalue weighted by Gasteiger charge is -2.25. The van der Waals surface area contributed by atoms with Crippen LogP contribution < -0.4 is 4.90 Å². The Labute approximate surface area is 134 Å². The second-order valence-corrected chi connectivity index (χ2v) is 5.91. The zero-order chi connectivity index (χ0) is 16.6. The number of nitrogens with zero attached hydrogens (tertiary/aromatic N) is 2. The van der Waals surface area contributed by atoms with E-state index < -0.39 is 33.5 Å². The van der Waals surface area contributed by atoms with Gasteiger partial charge in [0.15, 0.2) is 0 Å². The third-order valence-corrected chi connectivity index (χ3v) is 4.65. The van der Waals surface area contributed by atoms with Crippen LogP contribution in [0.15, 0.2) is 42.5 Å². The Bertz CT molecular complexity index is 763. The highest BCUT2D eigenvalue weighted by atomic mass is 32.2. The Morgan fingerprint density at radius 1 is 1.13 bits per heavy atom. The molecular weight excluding hydrogens is 326 g/mol. The standard InChI is InChI=1S/C15H10F2N2O3S/c16-11-2-1-3-12(17)14(11)18-13(20)8-23-15(18)9-4-6-10(7-5-9)19(21)22/h1-7,15H,8H2/t15-/m0/s1. The number of amides is 1. The number of non-ortho nitro benzene ring substituents is 1. The molecule has 1 aliphatic heterocycles. The average Bonchev–Trinajstić information content (AvgIpc) is 2.89. The lowest BCUT2D eigenvalue weighted by Crippen LogP contribution is -2.29. The van der Waals surface area contributed by atoms with Crippen LogP contribution in [0.25, 0.3) is 0 Å². The molecule has 1 fully saturated rings. The second kappa shape index (κ2) is 5.96. The monoisotopic (exact) mass is 336 g/mol. The number of para-hydroxylation sites is 1. The van der Waals surface area contributed by atoms with Crippen molar-refractivity contribution in [3.05, 3.63) is 69.8 Å². The van der Waals surface area contributed by atoms with Gasteiger partial charge in [-0.15, -0.1) is 11.8 Å². The molecule has 5 nitrogen and oxygen atoms in total. The van der Waals surface area contributed by atoms with Crippen LogP contribution >= 0.6 is 11.8 Å². The predicted octanol–water partition coefficient (Wildman–Crippen LogP) is 3.65. The molecule has 0 aromatic heterocycles. The van der Waals surface area contributed by atoms with Crippen molar-refractivity contribution in [2.24, 2.45) is 0 Å². The van der Waals surface area contributed by atoms with E-state index >= 15 is 0 Å². The highest BCUT2D eigenvalue weighted by molar-refractivity contribution is 8.00. The molecule has 0 unspecified atom stereocenters. The molecular formula is C15H10F2N2O3S. The van der Waals surface area contributed by atoms with Crippen LogP contribution in [0.3, 0.4) is 0 Å². The second-order valence-electron chi connectivity index (χ2n) is 4.85. The van der Waals surface area contributed by atoms with Gasteiger partial charge in [0.05, 0.1) is 10.7 Å². The van der Waals surface area contributed by atoms with Gasteiger partial charge in [-0.05, 0) is 29.8 Å². The summed E-state index contributed by atoms with van der Waals surface area (Å²) in [4.78, 5) is 23.3. The lowest BCUT2D eigenvalue weighted by molar-refractivity contribution is -0.384. The van der Waals surface area contributed by atoms with Crippen molar-refractivity contribution in [2.45, 2.75) is 5.37 Å². The fraction of sp³-hybridized carbons (Fsp3) is 0.133. The SMILES string of the molecule is O=C1CS[C@@H](c2ccc([N+](=O)[O-])cc2)N1c1c(F)cccc1F. The van der Waals surface area contributed by atoms with Crippen LogP contribution in [0, 0.1) is 21.7 Å². The van der Waals surface area contributed by atoms with Gasteiger partial charge in [0, 0.05) is 12.1 Å². The predicted molar refractivity (Wildman–Crippen MR) is 82.1 cm³/mol. The fourth-order valence-electron chi connectivity index (χ4n) is 2.39. The number of rotatable bonds is 3. The van der Waals surface area contributed by atoms with Crippen molar-refractivity contribution >= 4 is 29.0 Å². The molecule has 3 rings (SSSR count). The Morgan fingerprint density at radius 3 is 2.30 bits per heavy atom. The molecule has 2 aromatic carbocycles. The van der Waals surface area contributed by atoms with E-state index in [1.807, 2.05) is 0 Å². The normalized spacial score (nSPS) is 17.6. The first-order valence-corrected chi connectivity index (χ1v) is 7.66. The van der Waals surface area contributed by atoms with E-state index in [-0.39, 0.29) is 11.4 Å². The van der Waals surface area contributed by atoms with Crippen molar-refractivity contribution < 1.29 is 18.5 Å². The van der Waals surface area contributed by atoms with Crippen molar-refractivity contribution in [2.75, 3.05) is 10.7 Å². The van der Waals surface area contributed by atoms with E-state index in [1.165, 1.54) is 42.1 Å². The molecule has 0 bridgehead atoms. The molecule has 0 radical (unpaired) electrons. The van der Waals surface area contributed by atoms with Crippen molar-refractivity contribution in [3.63, 3.8) is 0 Å². The number of hydrogen-bond donors (Lipinski definition) is 0. The van der Waals surface area contributed by atoms with E-state index in [0.29, 0.717) is 5.56 Å². The van der Waals surface area contributed by atoms with Crippen molar-refractivity contribution in [3.8, 4) is 0 Å². The molecule has 1 saturated heterocycles. The zero-order valence-corrected chi connectivity index (χ0v) is 12.4. The molecule has 1 atom stereocenters. The molecule has 0 spiro atoms. The molecule has 0 aliphatic carbocycles. The number of halogens is 2. The van der Waals surface area contributed by atoms with Crippen molar-refractivity contribution in [1.82, 2.24) is 0 Å². The number of carbonyl (C=O) groups excluding carboxylic acids is 1. The summed E-state index contributed by atoms with van der Waals surface area (Å²) in [6, 6.07) is 8.97. The van der Waals surface area contributed by atoms with Gasteiger partial charge < -0.3 is 0 Å². The minimum absolute atomic E-state index is 0.0788. The third kappa shape index (κ3) is 2.77. The van der Waals surface area contributed by atoms with E-state index in [0.717, 1.165) is 17.0 Å². The van der Waals surface area contributed by atoms with Crippen LogP contribution in [0.2, 0.25) is 0 Å². The number of nitro benzene ring substituents is 1. The largest absolute Gasteiger partial charge is 0.290 e. The van der Waals surface area contributed by atoms with Gasteiger partial charge in [-0.1, -0.05) is 6.07 Å². The molecule has 2 aromatic rings. The first kappa shape index (κ1) is 15.4. The summed E-state index contributed by atoms with van der Waals surface area (Å²) in [5.74, 6) is -1.99. The maximum absolute atomic E-state index is 14.0. The van der Waals surface area contributed by atoms with Crippen LogP contribution in [0.4, 0.5) is 20.2 Å². The topological polar surface area (TPSA) is 63.4 Å². The van der Waals surface area contributed by atoms with Crippen LogP contribution in [-0.2, 0) is 4.79 Å². The molecule has 0 N–H and O–H groups in total. The molecule has 1 heterocycles. The van der Waals surface area contributed by atoms with Crippen LogP contribution in [0.1, 0.15) is 10.9 Å². The van der Waals surface area contributed by atoms with E-state index in [4.69, 9.17) is 0 Å². The third-order valence-electron chi connectivity index (χ3n) is 3.44. The Morgan fingerprint density at radius 2 is 1.74 bits per heavy atom. The van der Waals surface area contributed by atoms with E-state index in [2.05, 4.69) is 0 Å². The Balaban J connectivity index is 2.02. The van der Waals surface area contributed by atoms with Gasteiger partial charge in [0.2, 0.25) is 5.91 Å². The first-order valence-electron chi connectivity index (χ1n) is 6.61. The molecule has 0 saturated carbocycles. The maximum atomic E-state index is 14.0. The maximum Gasteiger partial charge on any atom is 0.269 e. The minimum Gasteiger partial charge on any atom is -0.290 e. The molecule has 8 heteroatoms. The first-order chi connectivity index (χ1) is 11.0. The van der Waals surface area contributed by atoms with Gasteiger partial charge in [-0.3, -0.25) is 19.8 Å².